The minimum atomic E-state index is -0.741. The van der Waals surface area contributed by atoms with Crippen molar-refractivity contribution in [2.75, 3.05) is 6.61 Å². The Kier molecular flexibility index (Phi) is 3.17. The molecule has 0 saturated carbocycles. The lowest BCUT2D eigenvalue weighted by molar-refractivity contribution is -0.114. The lowest BCUT2D eigenvalue weighted by Crippen LogP contribution is -2.29. The molecule has 14 heavy (non-hydrogen) atoms. The topological polar surface area (TPSA) is 72.5 Å². The largest absolute Gasteiger partial charge is 0.450 e. The first-order valence-electron chi connectivity index (χ1n) is 4.05. The Morgan fingerprint density at radius 3 is 2.79 bits per heavy atom. The third kappa shape index (κ3) is 2.55. The molecule has 5 heteroatoms. The van der Waals surface area contributed by atoms with Gasteiger partial charge in [-0.3, -0.25) is 14.9 Å². The van der Waals surface area contributed by atoms with Crippen LogP contribution in [0.1, 0.15) is 6.92 Å². The highest BCUT2D eigenvalue weighted by atomic mass is 16.5. The highest BCUT2D eigenvalue weighted by Gasteiger charge is 2.15. The summed E-state index contributed by atoms with van der Waals surface area (Å²) < 4.78 is 4.55. The van der Waals surface area contributed by atoms with E-state index in [9.17, 15) is 14.4 Å². The highest BCUT2D eigenvalue weighted by Crippen LogP contribution is 2.01. The van der Waals surface area contributed by atoms with Crippen LogP contribution in [-0.4, -0.2) is 24.3 Å². The second kappa shape index (κ2) is 4.36. The second-order valence-corrected chi connectivity index (χ2v) is 2.50. The van der Waals surface area contributed by atoms with Crippen LogP contribution in [0.5, 0.6) is 0 Å². The number of amides is 1. The molecule has 0 aromatic heterocycles. The van der Waals surface area contributed by atoms with Gasteiger partial charge in [-0.15, -0.1) is 0 Å². The van der Waals surface area contributed by atoms with Crippen LogP contribution in [0.4, 0.5) is 4.79 Å². The van der Waals surface area contributed by atoms with Crippen molar-refractivity contribution in [3.8, 4) is 0 Å². The molecule has 0 bridgehead atoms. The van der Waals surface area contributed by atoms with Crippen molar-refractivity contribution in [3.63, 3.8) is 0 Å². The summed E-state index contributed by atoms with van der Waals surface area (Å²) in [5, 5.41) is 2.18. The maximum absolute atomic E-state index is 11.1. The average Bonchev–Trinajstić information content (AvgIpc) is 2.12. The minimum absolute atomic E-state index is 0.0593. The van der Waals surface area contributed by atoms with Gasteiger partial charge in [0, 0.05) is 6.08 Å². The molecule has 1 rings (SSSR count). The molecule has 1 aliphatic carbocycles. The number of alkyl carbamates (subject to hydrolysis) is 1. The van der Waals surface area contributed by atoms with Crippen LogP contribution in [0, 0.1) is 0 Å². The summed E-state index contributed by atoms with van der Waals surface area (Å²) in [7, 11) is 0. The molecule has 5 nitrogen and oxygen atoms in total. The van der Waals surface area contributed by atoms with Crippen molar-refractivity contribution >= 4 is 17.7 Å². The Bertz CT molecular complexity index is 341. The number of ketones is 2. The van der Waals surface area contributed by atoms with Gasteiger partial charge >= 0.3 is 6.09 Å². The van der Waals surface area contributed by atoms with Gasteiger partial charge in [0.25, 0.3) is 0 Å². The highest BCUT2D eigenvalue weighted by molar-refractivity contribution is 6.17. The molecule has 0 atom stereocenters. The van der Waals surface area contributed by atoms with Crippen molar-refractivity contribution in [1.82, 2.24) is 5.32 Å². The predicted molar refractivity (Wildman–Crippen MR) is 47.4 cm³/mol. The molecule has 0 unspecified atom stereocenters. The molecule has 0 aromatic rings. The van der Waals surface area contributed by atoms with Crippen LogP contribution in [0.3, 0.4) is 0 Å². The first kappa shape index (κ1) is 10.2. The molecule has 0 saturated heterocycles. The Morgan fingerprint density at radius 2 is 2.14 bits per heavy atom. The van der Waals surface area contributed by atoms with Gasteiger partial charge in [-0.1, -0.05) is 0 Å². The first-order valence-corrected chi connectivity index (χ1v) is 4.05. The fourth-order valence-corrected chi connectivity index (χ4v) is 0.884. The quantitative estimate of drug-likeness (QED) is 0.644. The van der Waals surface area contributed by atoms with Gasteiger partial charge < -0.3 is 4.74 Å². The van der Waals surface area contributed by atoms with E-state index in [2.05, 4.69) is 10.1 Å². The lowest BCUT2D eigenvalue weighted by atomic mass is 10.1. The summed E-state index contributed by atoms with van der Waals surface area (Å²) in [5.74, 6) is -0.756. The van der Waals surface area contributed by atoms with Crippen LogP contribution in [0.15, 0.2) is 23.9 Å². The Labute approximate surface area is 80.4 Å². The van der Waals surface area contributed by atoms with Crippen molar-refractivity contribution in [2.45, 2.75) is 6.92 Å². The van der Waals surface area contributed by atoms with E-state index in [1.165, 1.54) is 0 Å². The zero-order valence-corrected chi connectivity index (χ0v) is 7.57. The normalized spacial score (nSPS) is 15.1. The van der Waals surface area contributed by atoms with E-state index >= 15 is 0 Å². The van der Waals surface area contributed by atoms with Crippen LogP contribution in [0.25, 0.3) is 0 Å². The van der Waals surface area contributed by atoms with Gasteiger partial charge in [0.15, 0.2) is 5.78 Å². The van der Waals surface area contributed by atoms with Crippen molar-refractivity contribution < 1.29 is 19.1 Å². The Morgan fingerprint density at radius 1 is 1.43 bits per heavy atom. The van der Waals surface area contributed by atoms with E-state index in [0.29, 0.717) is 0 Å². The van der Waals surface area contributed by atoms with Gasteiger partial charge in [0.1, 0.15) is 0 Å². The number of carbonyl (C=O) groups excluding carboxylic acids is 3. The van der Waals surface area contributed by atoms with Gasteiger partial charge in [-0.05, 0) is 19.1 Å². The van der Waals surface area contributed by atoms with E-state index < -0.39 is 11.9 Å². The van der Waals surface area contributed by atoms with E-state index in [0.717, 1.165) is 18.2 Å². The summed E-state index contributed by atoms with van der Waals surface area (Å²) in [5.41, 5.74) is -0.0593. The molecule has 0 radical (unpaired) electrons. The maximum Gasteiger partial charge on any atom is 0.411 e. The van der Waals surface area contributed by atoms with Crippen LogP contribution >= 0.6 is 0 Å². The number of carbonyl (C=O) groups is 3. The van der Waals surface area contributed by atoms with Gasteiger partial charge in [-0.2, -0.15) is 0 Å². The summed E-state index contributed by atoms with van der Waals surface area (Å²) in [6, 6.07) is 0. The molecule has 0 aliphatic heterocycles. The number of rotatable bonds is 2. The van der Waals surface area contributed by atoms with Crippen molar-refractivity contribution in [1.29, 1.82) is 0 Å². The molecular weight excluding hydrogens is 186 g/mol. The fraction of sp³-hybridized carbons (Fsp3) is 0.222. The monoisotopic (exact) mass is 195 g/mol. The van der Waals surface area contributed by atoms with Gasteiger partial charge in [0.05, 0.1) is 12.3 Å². The molecule has 0 aromatic carbocycles. The Hall–Kier alpha value is -1.91. The van der Waals surface area contributed by atoms with Crippen molar-refractivity contribution in [3.05, 3.63) is 23.9 Å². The number of hydrogen-bond donors (Lipinski definition) is 1. The number of allylic oxidation sites excluding steroid dienone is 3. The first-order chi connectivity index (χ1) is 6.63. The van der Waals surface area contributed by atoms with Crippen LogP contribution in [0.2, 0.25) is 0 Å². The summed E-state index contributed by atoms with van der Waals surface area (Å²) in [6.45, 7) is 1.85. The molecule has 1 amide bonds. The SMILES string of the molecule is CCOC(=O)NC1=CC(=O)C=CC1=O. The van der Waals surface area contributed by atoms with Gasteiger partial charge in [-0.25, -0.2) is 4.79 Å². The molecule has 74 valence electrons. The van der Waals surface area contributed by atoms with E-state index in [1.54, 1.807) is 6.92 Å². The molecule has 0 fully saturated rings. The molecular formula is C9H9NO4. The van der Waals surface area contributed by atoms with E-state index in [-0.39, 0.29) is 18.1 Å². The summed E-state index contributed by atoms with van der Waals surface area (Å²) in [4.78, 5) is 32.9. The third-order valence-electron chi connectivity index (χ3n) is 1.46. The fourth-order valence-electron chi connectivity index (χ4n) is 0.884. The number of ether oxygens (including phenoxy) is 1. The minimum Gasteiger partial charge on any atom is -0.450 e. The number of hydrogen-bond acceptors (Lipinski definition) is 4. The maximum atomic E-state index is 11.1. The van der Waals surface area contributed by atoms with E-state index in [4.69, 9.17) is 0 Å². The predicted octanol–water partition coefficient (Wildman–Crippen LogP) is 0.324. The van der Waals surface area contributed by atoms with E-state index in [1.807, 2.05) is 0 Å². The summed E-state index contributed by atoms with van der Waals surface area (Å²) in [6.07, 6.45) is 2.55. The molecule has 1 N–H and O–H groups in total. The third-order valence-corrected chi connectivity index (χ3v) is 1.46. The smallest absolute Gasteiger partial charge is 0.411 e. The zero-order valence-electron chi connectivity index (χ0n) is 7.57. The second-order valence-electron chi connectivity index (χ2n) is 2.50. The molecule has 1 aliphatic rings. The van der Waals surface area contributed by atoms with Crippen molar-refractivity contribution in [2.24, 2.45) is 0 Å². The zero-order chi connectivity index (χ0) is 10.6. The number of nitrogens with one attached hydrogen (secondary N) is 1. The Balaban J connectivity index is 2.64. The van der Waals surface area contributed by atoms with Crippen LogP contribution in [-0.2, 0) is 14.3 Å². The van der Waals surface area contributed by atoms with Gasteiger partial charge in [0.2, 0.25) is 5.78 Å². The molecule has 0 spiro atoms. The summed E-state index contributed by atoms with van der Waals surface area (Å²) >= 11 is 0. The lowest BCUT2D eigenvalue weighted by Gasteiger charge is -2.08. The van der Waals surface area contributed by atoms with Crippen LogP contribution < -0.4 is 5.32 Å². The average molecular weight is 195 g/mol. The standard InChI is InChI=1S/C9H9NO4/c1-2-14-9(13)10-7-5-6(11)3-4-8(7)12/h3-5H,2H2,1H3,(H,10,13). The molecule has 0 heterocycles.